The molecule has 72 valence electrons. The van der Waals surface area contributed by atoms with Gasteiger partial charge in [0.05, 0.1) is 11.2 Å². The largest absolute Gasteiger partial charge is 0.480 e. The number of rotatable bonds is 4. The molecule has 1 aromatic rings. The molecule has 5 heteroatoms. The fourth-order valence-corrected chi connectivity index (χ4v) is 2.08. The molecule has 0 aliphatic heterocycles. The van der Waals surface area contributed by atoms with Crippen molar-refractivity contribution in [1.82, 2.24) is 4.98 Å². The van der Waals surface area contributed by atoms with Crippen LogP contribution in [0, 0.1) is 0 Å². The Morgan fingerprint density at radius 3 is 2.92 bits per heavy atom. The van der Waals surface area contributed by atoms with Crippen LogP contribution in [-0.2, 0) is 10.5 Å². The zero-order chi connectivity index (χ0) is 9.90. The fourth-order valence-electron chi connectivity index (χ4n) is 0.625. The lowest BCUT2D eigenvalue weighted by atomic mass is 10.2. The number of carboxylic acid groups (broad SMARTS) is 1. The highest BCUT2D eigenvalue weighted by Gasteiger charge is 2.27. The smallest absolute Gasteiger partial charge is 0.319 e. The molecule has 0 aliphatic carbocycles. The van der Waals surface area contributed by atoms with Crippen molar-refractivity contribution in [2.45, 2.75) is 24.3 Å². The summed E-state index contributed by atoms with van der Waals surface area (Å²) in [7, 11) is 0. The Morgan fingerprint density at radius 2 is 2.46 bits per heavy atom. The van der Waals surface area contributed by atoms with Crippen molar-refractivity contribution < 1.29 is 9.90 Å². The SMILES string of the molecule is CC(C)(SCc1cscn1)C(=O)O. The van der Waals surface area contributed by atoms with Gasteiger partial charge in [0.2, 0.25) is 0 Å². The molecule has 0 bridgehead atoms. The number of carbonyl (C=O) groups is 1. The third-order valence-corrected chi connectivity index (χ3v) is 3.55. The first kappa shape index (κ1) is 10.5. The van der Waals surface area contributed by atoms with Gasteiger partial charge in [-0.25, -0.2) is 4.98 Å². The minimum absolute atomic E-state index is 0.656. The highest BCUT2D eigenvalue weighted by molar-refractivity contribution is 8.00. The quantitative estimate of drug-likeness (QED) is 0.840. The second-order valence-electron chi connectivity index (χ2n) is 3.08. The first-order chi connectivity index (χ1) is 6.02. The third kappa shape index (κ3) is 3.00. The van der Waals surface area contributed by atoms with Gasteiger partial charge in [-0.15, -0.1) is 23.1 Å². The summed E-state index contributed by atoms with van der Waals surface area (Å²) in [6.45, 7) is 3.40. The van der Waals surface area contributed by atoms with Gasteiger partial charge in [-0.2, -0.15) is 0 Å². The summed E-state index contributed by atoms with van der Waals surface area (Å²) in [5.41, 5.74) is 2.70. The molecule has 0 aromatic carbocycles. The number of hydrogen-bond donors (Lipinski definition) is 1. The van der Waals surface area contributed by atoms with Crippen molar-refractivity contribution in [2.24, 2.45) is 0 Å². The number of carboxylic acids is 1. The van der Waals surface area contributed by atoms with Crippen molar-refractivity contribution in [3.63, 3.8) is 0 Å². The van der Waals surface area contributed by atoms with Crippen molar-refractivity contribution >= 4 is 29.1 Å². The Bertz CT molecular complexity index is 282. The lowest BCUT2D eigenvalue weighted by molar-refractivity contribution is -0.138. The third-order valence-electron chi connectivity index (χ3n) is 1.58. The van der Waals surface area contributed by atoms with E-state index >= 15 is 0 Å². The van der Waals surface area contributed by atoms with Gasteiger partial charge in [-0.05, 0) is 13.8 Å². The summed E-state index contributed by atoms with van der Waals surface area (Å²) in [5.74, 6) is -0.129. The van der Waals surface area contributed by atoms with Crippen LogP contribution < -0.4 is 0 Å². The van der Waals surface area contributed by atoms with E-state index in [0.717, 1.165) is 5.69 Å². The fraction of sp³-hybridized carbons (Fsp3) is 0.500. The molecule has 3 nitrogen and oxygen atoms in total. The maximum atomic E-state index is 10.7. The van der Waals surface area contributed by atoms with Crippen LogP contribution in [0.4, 0.5) is 0 Å². The molecule has 0 unspecified atom stereocenters. The van der Waals surface area contributed by atoms with Crippen molar-refractivity contribution in [1.29, 1.82) is 0 Å². The number of thiazole rings is 1. The Labute approximate surface area is 85.2 Å². The van der Waals surface area contributed by atoms with E-state index < -0.39 is 10.7 Å². The second-order valence-corrected chi connectivity index (χ2v) is 5.40. The molecule has 0 amide bonds. The molecule has 0 radical (unpaired) electrons. The molecule has 0 saturated carbocycles. The Kier molecular flexibility index (Phi) is 3.33. The van der Waals surface area contributed by atoms with E-state index in [9.17, 15) is 4.79 Å². The molecular weight excluding hydrogens is 206 g/mol. The van der Waals surface area contributed by atoms with Gasteiger partial charge < -0.3 is 5.11 Å². The van der Waals surface area contributed by atoms with Gasteiger partial charge in [-0.1, -0.05) is 0 Å². The molecule has 0 saturated heterocycles. The maximum absolute atomic E-state index is 10.7. The first-order valence-electron chi connectivity index (χ1n) is 3.77. The number of aromatic nitrogens is 1. The zero-order valence-corrected chi connectivity index (χ0v) is 9.11. The van der Waals surface area contributed by atoms with Crippen LogP contribution in [0.25, 0.3) is 0 Å². The van der Waals surface area contributed by atoms with Gasteiger partial charge in [0.25, 0.3) is 0 Å². The van der Waals surface area contributed by atoms with E-state index in [0.29, 0.717) is 5.75 Å². The van der Waals surface area contributed by atoms with Gasteiger partial charge in [0, 0.05) is 11.1 Å². The summed E-state index contributed by atoms with van der Waals surface area (Å²) in [6.07, 6.45) is 0. The van der Waals surface area contributed by atoms with Crippen LogP contribution in [0.5, 0.6) is 0 Å². The van der Waals surface area contributed by atoms with E-state index in [1.54, 1.807) is 19.4 Å². The van der Waals surface area contributed by atoms with Crippen LogP contribution in [0.2, 0.25) is 0 Å². The molecule has 1 rings (SSSR count). The van der Waals surface area contributed by atoms with E-state index in [-0.39, 0.29) is 0 Å². The average Bonchev–Trinajstić information content (AvgIpc) is 2.52. The zero-order valence-electron chi connectivity index (χ0n) is 7.48. The second kappa shape index (κ2) is 4.11. The Balaban J connectivity index is 2.47. The monoisotopic (exact) mass is 217 g/mol. The Hall–Kier alpha value is -0.550. The number of hydrogen-bond acceptors (Lipinski definition) is 4. The first-order valence-corrected chi connectivity index (χ1v) is 5.69. The van der Waals surface area contributed by atoms with E-state index in [1.165, 1.54) is 23.1 Å². The van der Waals surface area contributed by atoms with Crippen LogP contribution in [0.3, 0.4) is 0 Å². The highest BCUT2D eigenvalue weighted by atomic mass is 32.2. The topological polar surface area (TPSA) is 50.2 Å². The predicted octanol–water partition coefficient (Wildman–Crippen LogP) is 2.24. The predicted molar refractivity (Wildman–Crippen MR) is 55.1 cm³/mol. The van der Waals surface area contributed by atoms with Crippen LogP contribution in [0.15, 0.2) is 10.9 Å². The molecule has 0 fully saturated rings. The minimum Gasteiger partial charge on any atom is -0.480 e. The summed E-state index contributed by atoms with van der Waals surface area (Å²) in [6, 6.07) is 0. The van der Waals surface area contributed by atoms with Gasteiger partial charge in [0.15, 0.2) is 0 Å². The lowest BCUT2D eigenvalue weighted by Crippen LogP contribution is -2.27. The normalized spacial score (nSPS) is 11.5. The molecule has 13 heavy (non-hydrogen) atoms. The van der Waals surface area contributed by atoms with Gasteiger partial charge in [-0.3, -0.25) is 4.79 Å². The number of nitrogens with zero attached hydrogens (tertiary/aromatic N) is 1. The van der Waals surface area contributed by atoms with Gasteiger partial charge in [0.1, 0.15) is 4.75 Å². The standard InChI is InChI=1S/C8H11NO2S2/c1-8(2,7(10)11)13-4-6-3-12-5-9-6/h3,5H,4H2,1-2H3,(H,10,11). The molecule has 1 aromatic heterocycles. The summed E-state index contributed by atoms with van der Waals surface area (Å²) >= 11 is 2.92. The van der Waals surface area contributed by atoms with E-state index in [4.69, 9.17) is 5.11 Å². The molecule has 1 N–H and O–H groups in total. The summed E-state index contributed by atoms with van der Waals surface area (Å²) in [5, 5.41) is 10.8. The summed E-state index contributed by atoms with van der Waals surface area (Å²) in [4.78, 5) is 14.8. The lowest BCUT2D eigenvalue weighted by Gasteiger charge is -2.17. The van der Waals surface area contributed by atoms with Crippen LogP contribution >= 0.6 is 23.1 Å². The molecule has 0 aliphatic rings. The number of aliphatic carboxylic acids is 1. The van der Waals surface area contributed by atoms with Crippen LogP contribution in [0.1, 0.15) is 19.5 Å². The van der Waals surface area contributed by atoms with E-state index in [1.807, 2.05) is 5.38 Å². The molecule has 0 spiro atoms. The maximum Gasteiger partial charge on any atom is 0.319 e. The van der Waals surface area contributed by atoms with Gasteiger partial charge >= 0.3 is 5.97 Å². The van der Waals surface area contributed by atoms with Crippen LogP contribution in [-0.4, -0.2) is 20.8 Å². The average molecular weight is 217 g/mol. The van der Waals surface area contributed by atoms with Crippen molar-refractivity contribution in [3.05, 3.63) is 16.6 Å². The molecule has 0 atom stereocenters. The highest BCUT2D eigenvalue weighted by Crippen LogP contribution is 2.27. The molecule has 1 heterocycles. The summed E-state index contributed by atoms with van der Waals surface area (Å²) < 4.78 is -0.733. The molecular formula is C8H11NO2S2. The minimum atomic E-state index is -0.785. The van der Waals surface area contributed by atoms with E-state index in [2.05, 4.69) is 4.98 Å². The van der Waals surface area contributed by atoms with Crippen molar-refractivity contribution in [3.8, 4) is 0 Å². The van der Waals surface area contributed by atoms with Crippen molar-refractivity contribution in [2.75, 3.05) is 0 Å². The number of thioether (sulfide) groups is 1. The Morgan fingerprint density at radius 1 is 1.77 bits per heavy atom.